The first-order valence-electron chi connectivity index (χ1n) is 5.33. The van der Waals surface area contributed by atoms with Gasteiger partial charge in [0.05, 0.1) is 6.10 Å². The largest absolute Gasteiger partial charge is 0.480 e. The monoisotopic (exact) mass is 314 g/mol. The number of pyridine rings is 1. The van der Waals surface area contributed by atoms with E-state index in [1.807, 2.05) is 0 Å². The van der Waals surface area contributed by atoms with Crippen LogP contribution in [0.2, 0.25) is 0 Å². The number of hydrogen-bond donors (Lipinski definition) is 2. The maximum atomic E-state index is 12.1. The van der Waals surface area contributed by atoms with Crippen molar-refractivity contribution in [1.29, 1.82) is 0 Å². The number of carbonyl (C=O) groups excluding carboxylic acids is 1. The van der Waals surface area contributed by atoms with Gasteiger partial charge in [-0.25, -0.2) is 9.78 Å². The highest BCUT2D eigenvalue weighted by Crippen LogP contribution is 2.20. The van der Waals surface area contributed by atoms with E-state index in [0.29, 0.717) is 4.60 Å². The average molecular weight is 315 g/mol. The van der Waals surface area contributed by atoms with Crippen LogP contribution < -0.4 is 0 Å². The lowest BCUT2D eigenvalue weighted by Gasteiger charge is -2.20. The summed E-state index contributed by atoms with van der Waals surface area (Å²) in [6, 6.07) is 3.83. The number of rotatable bonds is 2. The van der Waals surface area contributed by atoms with Gasteiger partial charge < -0.3 is 15.1 Å². The molecule has 1 aliphatic rings. The maximum Gasteiger partial charge on any atom is 0.326 e. The van der Waals surface area contributed by atoms with Crippen molar-refractivity contribution < 1.29 is 19.8 Å². The summed E-state index contributed by atoms with van der Waals surface area (Å²) in [6.07, 6.45) is -0.753. The van der Waals surface area contributed by atoms with Crippen LogP contribution in [0.1, 0.15) is 16.9 Å². The molecule has 18 heavy (non-hydrogen) atoms. The van der Waals surface area contributed by atoms with Crippen molar-refractivity contribution in [2.45, 2.75) is 18.6 Å². The maximum absolute atomic E-state index is 12.1. The van der Waals surface area contributed by atoms with Gasteiger partial charge in [0.15, 0.2) is 0 Å². The second kappa shape index (κ2) is 5.03. The molecule has 0 aliphatic carbocycles. The van der Waals surface area contributed by atoms with Gasteiger partial charge in [0, 0.05) is 13.0 Å². The molecule has 2 N–H and O–H groups in total. The number of nitrogens with zero attached hydrogens (tertiary/aromatic N) is 2. The van der Waals surface area contributed by atoms with Crippen molar-refractivity contribution in [3.8, 4) is 0 Å². The van der Waals surface area contributed by atoms with Gasteiger partial charge in [0.2, 0.25) is 0 Å². The number of β-amino-alcohol motifs (C(OH)–C–C–N with tert-alkyl or cyclic N) is 1. The second-order valence-electron chi connectivity index (χ2n) is 4.05. The minimum atomic E-state index is -1.12. The molecular formula is C11H11BrN2O4. The number of halogens is 1. The lowest BCUT2D eigenvalue weighted by Crippen LogP contribution is -2.40. The molecule has 1 aromatic heterocycles. The number of carboxylic acid groups (broad SMARTS) is 1. The third kappa shape index (κ3) is 2.51. The van der Waals surface area contributed by atoms with E-state index in [4.69, 9.17) is 5.11 Å². The molecule has 2 rings (SSSR count). The highest BCUT2D eigenvalue weighted by Gasteiger charge is 2.39. The summed E-state index contributed by atoms with van der Waals surface area (Å²) in [7, 11) is 0. The normalized spacial score (nSPS) is 23.1. The second-order valence-corrected chi connectivity index (χ2v) is 4.86. The van der Waals surface area contributed by atoms with Gasteiger partial charge in [-0.05, 0) is 28.1 Å². The van der Waals surface area contributed by atoms with Crippen LogP contribution in [0.4, 0.5) is 0 Å². The zero-order valence-corrected chi connectivity index (χ0v) is 10.9. The summed E-state index contributed by atoms with van der Waals surface area (Å²) in [5.74, 6) is -1.60. The van der Waals surface area contributed by atoms with Crippen LogP contribution in [0.15, 0.2) is 22.8 Å². The van der Waals surface area contributed by atoms with Gasteiger partial charge in [0.25, 0.3) is 5.91 Å². The number of aliphatic hydroxyl groups is 1. The van der Waals surface area contributed by atoms with Gasteiger partial charge in [-0.3, -0.25) is 4.79 Å². The van der Waals surface area contributed by atoms with Crippen molar-refractivity contribution in [2.24, 2.45) is 0 Å². The standard InChI is InChI=1S/C11H11BrN2O4/c12-9-3-1-2-7(13-9)10(16)14-5-6(15)4-8(14)11(17)18/h1-3,6,8,15H,4-5H2,(H,17,18)/t6-,8-/m1/s1. The summed E-state index contributed by atoms with van der Waals surface area (Å²) < 4.78 is 0.500. The summed E-state index contributed by atoms with van der Waals surface area (Å²) in [5, 5.41) is 18.5. The number of likely N-dealkylation sites (tertiary alicyclic amines) is 1. The molecule has 0 aromatic carbocycles. The Kier molecular flexibility index (Phi) is 3.63. The Morgan fingerprint density at radius 1 is 1.44 bits per heavy atom. The molecule has 0 spiro atoms. The Bertz CT molecular complexity index is 494. The van der Waals surface area contributed by atoms with Crippen molar-refractivity contribution in [2.75, 3.05) is 6.54 Å². The fraction of sp³-hybridized carbons (Fsp3) is 0.364. The van der Waals surface area contributed by atoms with E-state index < -0.39 is 24.0 Å². The number of carbonyl (C=O) groups is 2. The molecule has 2 heterocycles. The zero-order chi connectivity index (χ0) is 13.3. The third-order valence-electron chi connectivity index (χ3n) is 2.76. The topological polar surface area (TPSA) is 90.7 Å². The summed E-state index contributed by atoms with van der Waals surface area (Å²) in [5.41, 5.74) is 0.157. The van der Waals surface area contributed by atoms with Gasteiger partial charge in [0.1, 0.15) is 16.3 Å². The van der Waals surface area contributed by atoms with Crippen LogP contribution in [0.3, 0.4) is 0 Å². The number of hydrogen-bond acceptors (Lipinski definition) is 4. The Morgan fingerprint density at radius 3 is 2.78 bits per heavy atom. The predicted octanol–water partition coefficient (Wildman–Crippen LogP) is 0.504. The molecule has 1 aliphatic heterocycles. The van der Waals surface area contributed by atoms with Crippen LogP contribution in [-0.4, -0.2) is 50.7 Å². The minimum absolute atomic E-state index is 0.0179. The zero-order valence-electron chi connectivity index (χ0n) is 9.28. The molecule has 1 aromatic rings. The third-order valence-corrected chi connectivity index (χ3v) is 3.20. The Morgan fingerprint density at radius 2 is 2.17 bits per heavy atom. The van der Waals surface area contributed by atoms with E-state index in [0.717, 1.165) is 4.90 Å². The minimum Gasteiger partial charge on any atom is -0.480 e. The van der Waals surface area contributed by atoms with Gasteiger partial charge in [-0.15, -0.1) is 0 Å². The van der Waals surface area contributed by atoms with E-state index in [1.54, 1.807) is 12.1 Å². The van der Waals surface area contributed by atoms with E-state index in [9.17, 15) is 14.7 Å². The first-order chi connectivity index (χ1) is 8.49. The number of carboxylic acids is 1. The molecule has 1 saturated heterocycles. The van der Waals surface area contributed by atoms with E-state index in [1.165, 1.54) is 6.07 Å². The van der Waals surface area contributed by atoms with Crippen molar-refractivity contribution in [1.82, 2.24) is 9.88 Å². The average Bonchev–Trinajstić information content (AvgIpc) is 2.70. The Balaban J connectivity index is 2.25. The summed E-state index contributed by atoms with van der Waals surface area (Å²) in [6.45, 7) is 0.0179. The highest BCUT2D eigenvalue weighted by molar-refractivity contribution is 9.10. The first kappa shape index (κ1) is 13.0. The molecule has 1 fully saturated rings. The van der Waals surface area contributed by atoms with Crippen LogP contribution in [-0.2, 0) is 4.79 Å². The number of aliphatic hydroxyl groups excluding tert-OH is 1. The molecule has 0 bridgehead atoms. The van der Waals surface area contributed by atoms with E-state index in [-0.39, 0.29) is 18.7 Å². The molecule has 6 nitrogen and oxygen atoms in total. The molecule has 1 amide bonds. The fourth-order valence-corrected chi connectivity index (χ4v) is 2.29. The van der Waals surface area contributed by atoms with Crippen LogP contribution in [0.25, 0.3) is 0 Å². The molecule has 2 atom stereocenters. The molecule has 96 valence electrons. The Labute approximate surface area is 111 Å². The molecule has 0 unspecified atom stereocenters. The van der Waals surface area contributed by atoms with E-state index >= 15 is 0 Å². The van der Waals surface area contributed by atoms with Crippen LogP contribution in [0.5, 0.6) is 0 Å². The molecule has 0 saturated carbocycles. The molecule has 7 heteroatoms. The van der Waals surface area contributed by atoms with Gasteiger partial charge in [-0.2, -0.15) is 0 Å². The lowest BCUT2D eigenvalue weighted by molar-refractivity contribution is -0.141. The van der Waals surface area contributed by atoms with Gasteiger partial charge >= 0.3 is 5.97 Å². The van der Waals surface area contributed by atoms with Crippen molar-refractivity contribution in [3.05, 3.63) is 28.5 Å². The first-order valence-corrected chi connectivity index (χ1v) is 6.12. The van der Waals surface area contributed by atoms with Crippen molar-refractivity contribution >= 4 is 27.8 Å². The number of amides is 1. The van der Waals surface area contributed by atoms with Crippen molar-refractivity contribution in [3.63, 3.8) is 0 Å². The smallest absolute Gasteiger partial charge is 0.326 e. The van der Waals surface area contributed by atoms with Gasteiger partial charge in [-0.1, -0.05) is 6.07 Å². The SMILES string of the molecule is O=C(O)[C@H]1C[C@@H](O)CN1C(=O)c1cccc(Br)n1. The number of aromatic nitrogens is 1. The Hall–Kier alpha value is -1.47. The predicted molar refractivity (Wildman–Crippen MR) is 65.0 cm³/mol. The highest BCUT2D eigenvalue weighted by atomic mass is 79.9. The summed E-state index contributed by atoms with van der Waals surface area (Å²) >= 11 is 3.15. The van der Waals surface area contributed by atoms with E-state index in [2.05, 4.69) is 20.9 Å². The summed E-state index contributed by atoms with van der Waals surface area (Å²) in [4.78, 5) is 28.3. The quantitative estimate of drug-likeness (QED) is 0.776. The lowest BCUT2D eigenvalue weighted by atomic mass is 10.2. The fourth-order valence-electron chi connectivity index (χ4n) is 1.95. The molecule has 0 radical (unpaired) electrons. The number of aliphatic carboxylic acids is 1. The van der Waals surface area contributed by atoms with Crippen LogP contribution >= 0.6 is 15.9 Å². The van der Waals surface area contributed by atoms with Crippen LogP contribution in [0, 0.1) is 0 Å². The molecular weight excluding hydrogens is 304 g/mol.